The van der Waals surface area contributed by atoms with Crippen LogP contribution in [0.25, 0.3) is 21.8 Å². The molecule has 0 aliphatic heterocycles. The predicted octanol–water partition coefficient (Wildman–Crippen LogP) is 2.09. The van der Waals surface area contributed by atoms with Crippen molar-refractivity contribution in [3.8, 4) is 0 Å². The summed E-state index contributed by atoms with van der Waals surface area (Å²) in [6.07, 6.45) is 0. The van der Waals surface area contributed by atoms with Gasteiger partial charge in [0.05, 0.1) is 11.7 Å². The van der Waals surface area contributed by atoms with Gasteiger partial charge in [-0.15, -0.1) is 0 Å². The Morgan fingerprint density at radius 1 is 1.12 bits per heavy atom. The van der Waals surface area contributed by atoms with Gasteiger partial charge in [-0.1, -0.05) is 24.3 Å². The zero-order chi connectivity index (χ0) is 12.0. The summed E-state index contributed by atoms with van der Waals surface area (Å²) in [4.78, 5) is -0.194. The van der Waals surface area contributed by atoms with Crippen LogP contribution in [0.5, 0.6) is 0 Å². The van der Waals surface area contributed by atoms with Gasteiger partial charge in [0.1, 0.15) is 15.9 Å². The van der Waals surface area contributed by atoms with Gasteiger partial charge in [0.15, 0.2) is 0 Å². The lowest BCUT2D eigenvalue weighted by molar-refractivity contribution is 0.484. The fourth-order valence-corrected chi connectivity index (χ4v) is 3.07. The molecule has 0 atom stereocenters. The van der Waals surface area contributed by atoms with E-state index < -0.39 is 10.1 Å². The molecule has 0 unspecified atom stereocenters. The zero-order valence-corrected chi connectivity index (χ0v) is 9.99. The van der Waals surface area contributed by atoms with Crippen LogP contribution >= 0.6 is 11.7 Å². The maximum Gasteiger partial charge on any atom is 0.296 e. The number of hydrogen-bond donors (Lipinski definition) is 1. The molecule has 0 saturated heterocycles. The Bertz CT molecular complexity index is 824. The van der Waals surface area contributed by atoms with Gasteiger partial charge >= 0.3 is 0 Å². The monoisotopic (exact) mass is 266 g/mol. The van der Waals surface area contributed by atoms with Gasteiger partial charge < -0.3 is 0 Å². The summed E-state index contributed by atoms with van der Waals surface area (Å²) in [6.45, 7) is 0. The van der Waals surface area contributed by atoms with Gasteiger partial charge in [0, 0.05) is 5.39 Å². The Balaban J connectivity index is 2.62. The van der Waals surface area contributed by atoms with Crippen molar-refractivity contribution in [2.75, 3.05) is 0 Å². The fraction of sp³-hybridized carbons (Fsp3) is 0. The highest BCUT2D eigenvalue weighted by Gasteiger charge is 2.19. The van der Waals surface area contributed by atoms with Crippen LogP contribution in [0.3, 0.4) is 0 Å². The number of fused-ring (bicyclic) bond motifs is 3. The van der Waals surface area contributed by atoms with Crippen LogP contribution in [-0.4, -0.2) is 21.7 Å². The SMILES string of the molecule is O=S(=O)(O)c1cc2ccccc2c2nsnc12. The highest BCUT2D eigenvalue weighted by atomic mass is 32.2. The van der Waals surface area contributed by atoms with E-state index in [0.29, 0.717) is 10.9 Å². The molecule has 3 rings (SSSR count). The number of nitrogens with zero attached hydrogens (tertiary/aromatic N) is 2. The number of benzene rings is 2. The fourth-order valence-electron chi connectivity index (χ4n) is 1.77. The van der Waals surface area contributed by atoms with Crippen LogP contribution in [-0.2, 0) is 10.1 Å². The van der Waals surface area contributed by atoms with Crippen molar-refractivity contribution in [1.82, 2.24) is 8.75 Å². The molecule has 2 aromatic carbocycles. The molecule has 3 aromatic rings. The lowest BCUT2D eigenvalue weighted by Crippen LogP contribution is -1.99. The summed E-state index contributed by atoms with van der Waals surface area (Å²) in [7, 11) is -4.29. The molecule has 0 spiro atoms. The molecular weight excluding hydrogens is 260 g/mol. The largest absolute Gasteiger partial charge is 0.296 e. The third-order valence-corrected chi connectivity index (χ3v) is 3.90. The van der Waals surface area contributed by atoms with Crippen LogP contribution in [0, 0.1) is 0 Å². The minimum absolute atomic E-state index is 0.194. The van der Waals surface area contributed by atoms with E-state index in [9.17, 15) is 13.0 Å². The molecular formula is C10H6N2O3S2. The maximum atomic E-state index is 11.3. The highest BCUT2D eigenvalue weighted by Crippen LogP contribution is 2.29. The van der Waals surface area contributed by atoms with Gasteiger partial charge in [0.25, 0.3) is 10.1 Å². The Labute approximate surface area is 101 Å². The normalized spacial score (nSPS) is 12.3. The Kier molecular flexibility index (Phi) is 2.15. The first-order chi connectivity index (χ1) is 8.07. The second kappa shape index (κ2) is 3.46. The number of rotatable bonds is 1. The van der Waals surface area contributed by atoms with E-state index in [0.717, 1.165) is 17.1 Å². The van der Waals surface area contributed by atoms with Gasteiger partial charge in [-0.3, -0.25) is 4.55 Å². The highest BCUT2D eigenvalue weighted by molar-refractivity contribution is 7.86. The minimum Gasteiger partial charge on any atom is -0.282 e. The maximum absolute atomic E-state index is 11.3. The summed E-state index contributed by atoms with van der Waals surface area (Å²) >= 11 is 0.922. The third kappa shape index (κ3) is 1.59. The number of aromatic nitrogens is 2. The van der Waals surface area contributed by atoms with E-state index >= 15 is 0 Å². The van der Waals surface area contributed by atoms with Crippen molar-refractivity contribution < 1.29 is 13.0 Å². The van der Waals surface area contributed by atoms with E-state index in [2.05, 4.69) is 8.75 Å². The molecule has 5 nitrogen and oxygen atoms in total. The molecule has 0 amide bonds. The lowest BCUT2D eigenvalue weighted by Gasteiger charge is -2.02. The smallest absolute Gasteiger partial charge is 0.282 e. The first kappa shape index (κ1) is 10.6. The molecule has 1 aromatic heterocycles. The van der Waals surface area contributed by atoms with Crippen molar-refractivity contribution >= 4 is 43.7 Å². The minimum atomic E-state index is -4.29. The topological polar surface area (TPSA) is 80.2 Å². The molecule has 1 N–H and O–H groups in total. The Morgan fingerprint density at radius 3 is 2.59 bits per heavy atom. The molecule has 0 fully saturated rings. The summed E-state index contributed by atoms with van der Waals surface area (Å²) in [6, 6.07) is 8.65. The van der Waals surface area contributed by atoms with Gasteiger partial charge in [0.2, 0.25) is 0 Å². The van der Waals surface area contributed by atoms with Crippen LogP contribution in [0.2, 0.25) is 0 Å². The molecule has 1 heterocycles. The van der Waals surface area contributed by atoms with Crippen molar-refractivity contribution in [3.05, 3.63) is 30.3 Å². The van der Waals surface area contributed by atoms with Crippen molar-refractivity contribution in [3.63, 3.8) is 0 Å². The molecule has 17 heavy (non-hydrogen) atoms. The van der Waals surface area contributed by atoms with Crippen LogP contribution in [0.15, 0.2) is 35.2 Å². The predicted molar refractivity (Wildman–Crippen MR) is 64.7 cm³/mol. The Hall–Kier alpha value is -1.57. The van der Waals surface area contributed by atoms with Crippen LogP contribution in [0.4, 0.5) is 0 Å². The third-order valence-electron chi connectivity index (χ3n) is 2.50. The average molecular weight is 266 g/mol. The van der Waals surface area contributed by atoms with Crippen LogP contribution < -0.4 is 0 Å². The number of hydrogen-bond acceptors (Lipinski definition) is 5. The standard InChI is InChI=1S/C10H6N2O3S2/c13-17(14,15)8-5-6-3-1-2-4-7(6)9-10(8)12-16-11-9/h1-5H,(H,13,14,15). The molecule has 7 heteroatoms. The lowest BCUT2D eigenvalue weighted by atomic mass is 10.1. The van der Waals surface area contributed by atoms with Crippen LogP contribution in [0.1, 0.15) is 0 Å². The second-order valence-electron chi connectivity index (χ2n) is 3.53. The molecule has 0 saturated carbocycles. The summed E-state index contributed by atoms with van der Waals surface area (Å²) in [5.41, 5.74) is 0.719. The van der Waals surface area contributed by atoms with E-state index in [1.807, 2.05) is 12.1 Å². The molecule has 0 bridgehead atoms. The van der Waals surface area contributed by atoms with Crippen molar-refractivity contribution in [2.24, 2.45) is 0 Å². The second-order valence-corrected chi connectivity index (χ2v) is 5.45. The first-order valence-corrected chi connectivity index (χ1v) is 6.86. The average Bonchev–Trinajstić information content (AvgIpc) is 2.75. The molecule has 86 valence electrons. The Morgan fingerprint density at radius 2 is 1.82 bits per heavy atom. The first-order valence-electron chi connectivity index (χ1n) is 4.69. The molecule has 0 radical (unpaired) electrons. The van der Waals surface area contributed by atoms with E-state index in [1.165, 1.54) is 6.07 Å². The quantitative estimate of drug-likeness (QED) is 0.682. The van der Waals surface area contributed by atoms with Gasteiger partial charge in [-0.25, -0.2) is 0 Å². The van der Waals surface area contributed by atoms with E-state index in [4.69, 9.17) is 0 Å². The summed E-state index contributed by atoms with van der Waals surface area (Å²) in [5, 5.41) is 1.53. The van der Waals surface area contributed by atoms with Gasteiger partial charge in [-0.2, -0.15) is 17.2 Å². The van der Waals surface area contributed by atoms with Crippen molar-refractivity contribution in [2.45, 2.75) is 4.90 Å². The van der Waals surface area contributed by atoms with Gasteiger partial charge in [-0.05, 0) is 11.5 Å². The van der Waals surface area contributed by atoms with Crippen molar-refractivity contribution in [1.29, 1.82) is 0 Å². The molecule has 0 aliphatic rings. The summed E-state index contributed by atoms with van der Waals surface area (Å²) < 4.78 is 39.7. The van der Waals surface area contributed by atoms with E-state index in [1.54, 1.807) is 12.1 Å². The summed E-state index contributed by atoms with van der Waals surface area (Å²) in [5.74, 6) is 0. The molecule has 0 aliphatic carbocycles. The zero-order valence-electron chi connectivity index (χ0n) is 8.36. The van der Waals surface area contributed by atoms with E-state index in [-0.39, 0.29) is 10.4 Å².